The molecule has 1 aliphatic heterocycles. The van der Waals surface area contributed by atoms with Crippen molar-refractivity contribution in [3.8, 4) is 0 Å². The van der Waals surface area contributed by atoms with E-state index in [1.54, 1.807) is 6.07 Å². The molecule has 0 unspecified atom stereocenters. The average Bonchev–Trinajstić information content (AvgIpc) is 2.20. The molecule has 0 aliphatic carbocycles. The lowest BCUT2D eigenvalue weighted by molar-refractivity contribution is -0.133. The van der Waals surface area contributed by atoms with E-state index in [1.165, 1.54) is 12.1 Å². The van der Waals surface area contributed by atoms with Crippen LogP contribution in [0.15, 0.2) is 18.2 Å². The van der Waals surface area contributed by atoms with Crippen LogP contribution >= 0.6 is 11.6 Å². The highest BCUT2D eigenvalue weighted by Gasteiger charge is 2.24. The first-order chi connectivity index (χ1) is 7.18. The highest BCUT2D eigenvalue weighted by molar-refractivity contribution is 6.31. The zero-order chi connectivity index (χ0) is 10.8. The van der Waals surface area contributed by atoms with Crippen molar-refractivity contribution in [1.29, 1.82) is 0 Å². The van der Waals surface area contributed by atoms with Crippen LogP contribution in [0, 0.1) is 5.82 Å². The van der Waals surface area contributed by atoms with Crippen LogP contribution in [0.4, 0.5) is 4.39 Å². The summed E-state index contributed by atoms with van der Waals surface area (Å²) >= 11 is 5.87. The van der Waals surface area contributed by atoms with E-state index in [9.17, 15) is 9.18 Å². The van der Waals surface area contributed by atoms with E-state index >= 15 is 0 Å². The Labute approximate surface area is 91.2 Å². The number of amides is 1. The zero-order valence-electron chi connectivity index (χ0n) is 7.80. The van der Waals surface area contributed by atoms with E-state index < -0.39 is 11.9 Å². The number of carbonyl (C=O) groups is 1. The summed E-state index contributed by atoms with van der Waals surface area (Å²) < 4.78 is 18.7. The fourth-order valence-corrected chi connectivity index (χ4v) is 1.78. The van der Waals surface area contributed by atoms with Crippen LogP contribution in [-0.4, -0.2) is 19.1 Å². The van der Waals surface area contributed by atoms with Gasteiger partial charge < -0.3 is 10.1 Å². The number of hydrogen-bond acceptors (Lipinski definition) is 2. The second-order valence-corrected chi connectivity index (χ2v) is 3.65. The van der Waals surface area contributed by atoms with E-state index in [0.29, 0.717) is 10.6 Å². The van der Waals surface area contributed by atoms with Crippen LogP contribution in [0.3, 0.4) is 0 Å². The molecule has 1 amide bonds. The third-order valence-electron chi connectivity index (χ3n) is 2.22. The van der Waals surface area contributed by atoms with Crippen molar-refractivity contribution in [1.82, 2.24) is 5.32 Å². The molecule has 0 bridgehead atoms. The maximum atomic E-state index is 13.5. The molecule has 0 radical (unpaired) electrons. The minimum absolute atomic E-state index is 0.0602. The first kappa shape index (κ1) is 10.4. The van der Waals surface area contributed by atoms with E-state index in [2.05, 4.69) is 5.32 Å². The summed E-state index contributed by atoms with van der Waals surface area (Å²) in [7, 11) is 0. The van der Waals surface area contributed by atoms with Crippen molar-refractivity contribution in [3.05, 3.63) is 34.6 Å². The first-order valence-corrected chi connectivity index (χ1v) is 4.88. The molecule has 1 atom stereocenters. The SMILES string of the molecule is O=C1CO[C@H](c2c(F)cccc2Cl)CN1. The maximum Gasteiger partial charge on any atom is 0.246 e. The number of hydrogen-bond donors (Lipinski definition) is 1. The van der Waals surface area contributed by atoms with Crippen molar-refractivity contribution < 1.29 is 13.9 Å². The predicted octanol–water partition coefficient (Wildman–Crippen LogP) is 1.67. The van der Waals surface area contributed by atoms with Gasteiger partial charge in [-0.2, -0.15) is 0 Å². The van der Waals surface area contributed by atoms with Gasteiger partial charge in [-0.1, -0.05) is 17.7 Å². The molecule has 1 heterocycles. The van der Waals surface area contributed by atoms with Gasteiger partial charge in [0.05, 0.1) is 0 Å². The van der Waals surface area contributed by atoms with Crippen molar-refractivity contribution in [2.45, 2.75) is 6.10 Å². The van der Waals surface area contributed by atoms with Crippen LogP contribution in [0.5, 0.6) is 0 Å². The number of halogens is 2. The number of benzene rings is 1. The highest BCUT2D eigenvalue weighted by Crippen LogP contribution is 2.28. The molecular formula is C10H9ClFNO2. The summed E-state index contributed by atoms with van der Waals surface area (Å²) in [5.41, 5.74) is 0.305. The zero-order valence-corrected chi connectivity index (χ0v) is 8.55. The summed E-state index contributed by atoms with van der Waals surface area (Å²) in [5, 5.41) is 2.91. The molecule has 2 rings (SSSR count). The molecule has 0 aromatic heterocycles. The second kappa shape index (κ2) is 4.16. The minimum atomic E-state index is -0.503. The Morgan fingerprint density at radius 1 is 1.53 bits per heavy atom. The predicted molar refractivity (Wildman–Crippen MR) is 53.1 cm³/mol. The molecule has 80 valence electrons. The third-order valence-corrected chi connectivity index (χ3v) is 2.55. The quantitative estimate of drug-likeness (QED) is 0.796. The van der Waals surface area contributed by atoms with E-state index in [-0.39, 0.29) is 19.1 Å². The lowest BCUT2D eigenvalue weighted by atomic mass is 10.1. The lowest BCUT2D eigenvalue weighted by Gasteiger charge is -2.24. The van der Waals surface area contributed by atoms with Gasteiger partial charge in [-0.15, -0.1) is 0 Å². The Hall–Kier alpha value is -1.13. The summed E-state index contributed by atoms with van der Waals surface area (Å²) in [6, 6.07) is 4.45. The number of morpholine rings is 1. The van der Waals surface area contributed by atoms with Crippen LogP contribution in [-0.2, 0) is 9.53 Å². The number of nitrogens with one attached hydrogen (secondary N) is 1. The summed E-state index contributed by atoms with van der Waals surface area (Å²) in [5.74, 6) is -0.609. The Balaban J connectivity index is 2.26. The van der Waals surface area contributed by atoms with Crippen LogP contribution in [0.2, 0.25) is 5.02 Å². The summed E-state index contributed by atoms with van der Waals surface area (Å²) in [6.45, 7) is 0.189. The topological polar surface area (TPSA) is 38.3 Å². The molecule has 0 saturated carbocycles. The Kier molecular flexibility index (Phi) is 2.88. The molecule has 15 heavy (non-hydrogen) atoms. The Bertz CT molecular complexity index is 367. The van der Waals surface area contributed by atoms with Gasteiger partial charge in [0.2, 0.25) is 5.91 Å². The fraction of sp³-hybridized carbons (Fsp3) is 0.300. The van der Waals surface area contributed by atoms with Gasteiger partial charge in [-0.05, 0) is 12.1 Å². The van der Waals surface area contributed by atoms with Gasteiger partial charge in [0, 0.05) is 17.1 Å². The molecule has 1 saturated heterocycles. The molecule has 3 nitrogen and oxygen atoms in total. The highest BCUT2D eigenvalue weighted by atomic mass is 35.5. The van der Waals surface area contributed by atoms with Crippen LogP contribution in [0.1, 0.15) is 11.7 Å². The summed E-state index contributed by atoms with van der Waals surface area (Å²) in [6.07, 6.45) is -0.503. The monoisotopic (exact) mass is 229 g/mol. The van der Waals surface area contributed by atoms with Crippen LogP contribution < -0.4 is 5.32 Å². The average molecular weight is 230 g/mol. The van der Waals surface area contributed by atoms with Gasteiger partial charge in [-0.25, -0.2) is 4.39 Å². The van der Waals surface area contributed by atoms with Crippen molar-refractivity contribution >= 4 is 17.5 Å². The minimum Gasteiger partial charge on any atom is -0.362 e. The van der Waals surface area contributed by atoms with Gasteiger partial charge >= 0.3 is 0 Å². The molecule has 0 spiro atoms. The molecular weight excluding hydrogens is 221 g/mol. The van der Waals surface area contributed by atoms with Gasteiger partial charge in [0.1, 0.15) is 18.5 Å². The number of ether oxygens (including phenoxy) is 1. The Morgan fingerprint density at radius 3 is 2.93 bits per heavy atom. The number of carbonyl (C=O) groups excluding carboxylic acids is 1. The molecule has 1 N–H and O–H groups in total. The maximum absolute atomic E-state index is 13.5. The molecule has 5 heteroatoms. The molecule has 1 fully saturated rings. The third kappa shape index (κ3) is 2.11. The standard InChI is InChI=1S/C10H9ClFNO2/c11-6-2-1-3-7(12)10(6)8-4-13-9(14)5-15-8/h1-3,8H,4-5H2,(H,13,14)/t8-/m0/s1. The summed E-state index contributed by atoms with van der Waals surface area (Å²) in [4.78, 5) is 10.8. The molecule has 1 aliphatic rings. The molecule has 1 aromatic carbocycles. The van der Waals surface area contributed by atoms with Crippen molar-refractivity contribution in [2.75, 3.05) is 13.2 Å². The largest absolute Gasteiger partial charge is 0.362 e. The normalized spacial score (nSPS) is 21.2. The van der Waals surface area contributed by atoms with Gasteiger partial charge in [0.25, 0.3) is 0 Å². The lowest BCUT2D eigenvalue weighted by Crippen LogP contribution is -2.39. The van der Waals surface area contributed by atoms with Gasteiger partial charge in [-0.3, -0.25) is 4.79 Å². The van der Waals surface area contributed by atoms with Gasteiger partial charge in [0.15, 0.2) is 0 Å². The van der Waals surface area contributed by atoms with Crippen molar-refractivity contribution in [3.63, 3.8) is 0 Å². The number of rotatable bonds is 1. The Morgan fingerprint density at radius 2 is 2.33 bits per heavy atom. The van der Waals surface area contributed by atoms with Crippen molar-refractivity contribution in [2.24, 2.45) is 0 Å². The van der Waals surface area contributed by atoms with E-state index in [1.807, 2.05) is 0 Å². The smallest absolute Gasteiger partial charge is 0.246 e. The van der Waals surface area contributed by atoms with Crippen LogP contribution in [0.25, 0.3) is 0 Å². The molecule has 1 aromatic rings. The van der Waals surface area contributed by atoms with E-state index in [4.69, 9.17) is 16.3 Å². The second-order valence-electron chi connectivity index (χ2n) is 3.24. The fourth-order valence-electron chi connectivity index (χ4n) is 1.50. The van der Waals surface area contributed by atoms with E-state index in [0.717, 1.165) is 0 Å². The first-order valence-electron chi connectivity index (χ1n) is 4.50.